The summed E-state index contributed by atoms with van der Waals surface area (Å²) in [6.07, 6.45) is 0.0965. The van der Waals surface area contributed by atoms with Crippen LogP contribution in [-0.2, 0) is 22.4 Å². The number of benzene rings is 2. The molecule has 2 rings (SSSR count). The second kappa shape index (κ2) is 8.21. The van der Waals surface area contributed by atoms with Crippen molar-refractivity contribution in [2.75, 3.05) is 0 Å². The molecule has 0 bridgehead atoms. The lowest BCUT2D eigenvalue weighted by Gasteiger charge is -2.18. The van der Waals surface area contributed by atoms with Gasteiger partial charge in [0.1, 0.15) is 11.8 Å². The van der Waals surface area contributed by atoms with Gasteiger partial charge in [-0.2, -0.15) is 0 Å². The summed E-state index contributed by atoms with van der Waals surface area (Å²) < 4.78 is 0. The largest absolute Gasteiger partial charge is 0.508 e. The Labute approximate surface area is 149 Å². The van der Waals surface area contributed by atoms with Crippen LogP contribution in [0, 0.1) is 0 Å². The molecule has 0 aliphatic carbocycles. The summed E-state index contributed by atoms with van der Waals surface area (Å²) in [4.78, 5) is 23.6. The number of aromatic hydroxyl groups is 3. The molecule has 2 aromatic carbocycles. The van der Waals surface area contributed by atoms with E-state index in [0.29, 0.717) is 11.1 Å². The minimum atomic E-state index is -1.21. The van der Waals surface area contributed by atoms with Crippen molar-refractivity contribution in [2.45, 2.75) is 24.9 Å². The number of rotatable bonds is 7. The summed E-state index contributed by atoms with van der Waals surface area (Å²) >= 11 is 0. The fraction of sp³-hybridized carbons (Fsp3) is 0.222. The first-order valence-electron chi connectivity index (χ1n) is 7.84. The predicted octanol–water partition coefficient (Wildman–Crippen LogP) is 0.485. The number of nitrogens with one attached hydrogen (secondary N) is 1. The van der Waals surface area contributed by atoms with E-state index in [0.717, 1.165) is 0 Å². The van der Waals surface area contributed by atoms with E-state index in [4.69, 9.17) is 5.73 Å². The van der Waals surface area contributed by atoms with Crippen molar-refractivity contribution in [3.05, 3.63) is 53.6 Å². The molecular weight excluding hydrogens is 340 g/mol. The Balaban J connectivity index is 2.00. The zero-order valence-corrected chi connectivity index (χ0v) is 13.8. The number of carboxylic acid groups (broad SMARTS) is 1. The topological polar surface area (TPSA) is 153 Å². The molecule has 138 valence electrons. The molecule has 0 radical (unpaired) electrons. The zero-order chi connectivity index (χ0) is 19.3. The average molecular weight is 360 g/mol. The van der Waals surface area contributed by atoms with Crippen LogP contribution < -0.4 is 11.1 Å². The van der Waals surface area contributed by atoms with E-state index in [-0.39, 0.29) is 30.1 Å². The highest BCUT2D eigenvalue weighted by molar-refractivity contribution is 5.87. The van der Waals surface area contributed by atoms with Crippen molar-refractivity contribution >= 4 is 11.9 Å². The third-order valence-corrected chi connectivity index (χ3v) is 3.82. The molecule has 8 nitrogen and oxygen atoms in total. The lowest BCUT2D eigenvalue weighted by molar-refractivity contribution is -0.141. The number of hydrogen-bond donors (Lipinski definition) is 6. The van der Waals surface area contributed by atoms with Gasteiger partial charge in [0.05, 0.1) is 6.04 Å². The van der Waals surface area contributed by atoms with Crippen LogP contribution in [0.15, 0.2) is 42.5 Å². The fourth-order valence-electron chi connectivity index (χ4n) is 2.39. The molecular formula is C18H20N2O6. The Morgan fingerprint density at radius 2 is 1.54 bits per heavy atom. The Kier molecular flexibility index (Phi) is 6.03. The van der Waals surface area contributed by atoms with Gasteiger partial charge in [0.15, 0.2) is 11.5 Å². The van der Waals surface area contributed by atoms with Crippen molar-refractivity contribution in [1.29, 1.82) is 0 Å². The molecule has 0 heterocycles. The number of aliphatic carboxylic acids is 1. The van der Waals surface area contributed by atoms with E-state index in [1.54, 1.807) is 12.1 Å². The third kappa shape index (κ3) is 5.12. The SMILES string of the molecule is NC(Cc1ccc(O)c(O)c1)C(=O)N[C@@H](Cc1ccc(O)cc1)C(=O)O. The van der Waals surface area contributed by atoms with Gasteiger partial charge in [0, 0.05) is 6.42 Å². The van der Waals surface area contributed by atoms with Crippen LogP contribution in [0.5, 0.6) is 17.2 Å². The summed E-state index contributed by atoms with van der Waals surface area (Å²) in [7, 11) is 0. The van der Waals surface area contributed by atoms with Crippen LogP contribution in [0.3, 0.4) is 0 Å². The molecule has 26 heavy (non-hydrogen) atoms. The van der Waals surface area contributed by atoms with Gasteiger partial charge in [-0.15, -0.1) is 0 Å². The molecule has 1 unspecified atom stereocenters. The van der Waals surface area contributed by atoms with E-state index < -0.39 is 24.0 Å². The van der Waals surface area contributed by atoms with Crippen molar-refractivity contribution in [3.63, 3.8) is 0 Å². The van der Waals surface area contributed by atoms with E-state index in [2.05, 4.69) is 5.32 Å². The minimum Gasteiger partial charge on any atom is -0.508 e. The van der Waals surface area contributed by atoms with Gasteiger partial charge in [0.25, 0.3) is 0 Å². The number of carbonyl (C=O) groups excluding carboxylic acids is 1. The summed E-state index contributed by atoms with van der Waals surface area (Å²) in [6.45, 7) is 0. The highest BCUT2D eigenvalue weighted by Crippen LogP contribution is 2.25. The predicted molar refractivity (Wildman–Crippen MR) is 92.8 cm³/mol. The normalized spacial score (nSPS) is 13.0. The molecule has 0 aromatic heterocycles. The third-order valence-electron chi connectivity index (χ3n) is 3.82. The highest BCUT2D eigenvalue weighted by Gasteiger charge is 2.24. The van der Waals surface area contributed by atoms with Gasteiger partial charge in [-0.3, -0.25) is 4.79 Å². The van der Waals surface area contributed by atoms with E-state index >= 15 is 0 Å². The van der Waals surface area contributed by atoms with Crippen molar-refractivity contribution < 1.29 is 30.0 Å². The molecule has 2 aromatic rings. The number of carbonyl (C=O) groups is 2. The van der Waals surface area contributed by atoms with Crippen LogP contribution in [0.25, 0.3) is 0 Å². The maximum Gasteiger partial charge on any atom is 0.326 e. The second-order valence-corrected chi connectivity index (χ2v) is 5.90. The van der Waals surface area contributed by atoms with Crippen LogP contribution in [0.2, 0.25) is 0 Å². The van der Waals surface area contributed by atoms with Crippen molar-refractivity contribution in [1.82, 2.24) is 5.32 Å². The standard InChI is InChI=1S/C18H20N2O6/c19-13(7-11-3-6-15(22)16(23)9-11)17(24)20-14(18(25)26)8-10-1-4-12(21)5-2-10/h1-6,9,13-14,21-23H,7-8,19H2,(H,20,24)(H,25,26)/t13?,14-/m0/s1. The molecule has 0 aliphatic heterocycles. The number of nitrogens with two attached hydrogens (primary N) is 1. The molecule has 0 fully saturated rings. The molecule has 1 amide bonds. The first kappa shape index (κ1) is 19.1. The number of hydrogen-bond acceptors (Lipinski definition) is 6. The summed E-state index contributed by atoms with van der Waals surface area (Å²) in [6, 6.07) is 7.86. The van der Waals surface area contributed by atoms with Gasteiger partial charge in [0.2, 0.25) is 5.91 Å². The second-order valence-electron chi connectivity index (χ2n) is 5.90. The summed E-state index contributed by atoms with van der Waals surface area (Å²) in [5.74, 6) is -2.41. The molecule has 7 N–H and O–H groups in total. The van der Waals surface area contributed by atoms with Gasteiger partial charge in [-0.05, 0) is 41.8 Å². The number of carboxylic acids is 1. The van der Waals surface area contributed by atoms with Gasteiger partial charge in [-0.25, -0.2) is 4.79 Å². The molecule has 8 heteroatoms. The zero-order valence-electron chi connectivity index (χ0n) is 13.8. The molecule has 0 aliphatic rings. The maximum atomic E-state index is 12.2. The van der Waals surface area contributed by atoms with Gasteiger partial charge in [-0.1, -0.05) is 18.2 Å². The van der Waals surface area contributed by atoms with E-state index in [1.165, 1.54) is 30.3 Å². The number of phenols is 3. The van der Waals surface area contributed by atoms with Crippen LogP contribution in [-0.4, -0.2) is 44.4 Å². The lowest BCUT2D eigenvalue weighted by Crippen LogP contribution is -2.50. The Bertz CT molecular complexity index is 791. The first-order chi connectivity index (χ1) is 12.3. The molecule has 0 spiro atoms. The number of phenolic OH excluding ortho intramolecular Hbond substituents is 3. The molecule has 2 atom stereocenters. The summed E-state index contributed by atoms with van der Waals surface area (Å²) in [5, 5.41) is 39.7. The van der Waals surface area contributed by atoms with Crippen LogP contribution in [0.1, 0.15) is 11.1 Å². The quantitative estimate of drug-likeness (QED) is 0.393. The molecule has 0 saturated carbocycles. The van der Waals surface area contributed by atoms with E-state index in [9.17, 15) is 30.0 Å². The summed E-state index contributed by atoms with van der Waals surface area (Å²) in [5.41, 5.74) is 6.97. The first-order valence-corrected chi connectivity index (χ1v) is 7.84. The Hall–Kier alpha value is -3.26. The fourth-order valence-corrected chi connectivity index (χ4v) is 2.39. The highest BCUT2D eigenvalue weighted by atomic mass is 16.4. The van der Waals surface area contributed by atoms with Crippen molar-refractivity contribution in [2.24, 2.45) is 5.73 Å². The maximum absolute atomic E-state index is 12.2. The molecule has 0 saturated heterocycles. The average Bonchev–Trinajstić information content (AvgIpc) is 2.59. The van der Waals surface area contributed by atoms with Crippen LogP contribution in [0.4, 0.5) is 0 Å². The van der Waals surface area contributed by atoms with Gasteiger partial charge >= 0.3 is 5.97 Å². The minimum absolute atomic E-state index is 0.0358. The Morgan fingerprint density at radius 3 is 2.12 bits per heavy atom. The van der Waals surface area contributed by atoms with Crippen LogP contribution >= 0.6 is 0 Å². The lowest BCUT2D eigenvalue weighted by atomic mass is 10.0. The monoisotopic (exact) mass is 360 g/mol. The van der Waals surface area contributed by atoms with E-state index in [1.807, 2.05) is 0 Å². The number of amides is 1. The Morgan fingerprint density at radius 1 is 0.923 bits per heavy atom. The van der Waals surface area contributed by atoms with Crippen molar-refractivity contribution in [3.8, 4) is 17.2 Å². The smallest absolute Gasteiger partial charge is 0.326 e. The van der Waals surface area contributed by atoms with Gasteiger partial charge < -0.3 is 31.5 Å².